The average molecular weight is 295 g/mol. The maximum absolute atomic E-state index is 11.9. The predicted octanol–water partition coefficient (Wildman–Crippen LogP) is 3.09. The number of benzene rings is 1. The summed E-state index contributed by atoms with van der Waals surface area (Å²) in [6.07, 6.45) is 4.93. The lowest BCUT2D eigenvalue weighted by Gasteiger charge is -2.08. The van der Waals surface area contributed by atoms with E-state index in [4.69, 9.17) is 23.2 Å². The molecule has 3 rings (SSSR count). The monoisotopic (exact) mass is 294 g/mol. The molecule has 0 aliphatic heterocycles. The molecule has 19 heavy (non-hydrogen) atoms. The minimum absolute atomic E-state index is 0.0228. The average Bonchev–Trinajstić information content (AvgIpc) is 2.87. The highest BCUT2D eigenvalue weighted by Crippen LogP contribution is 2.23. The highest BCUT2D eigenvalue weighted by molar-refractivity contribution is 6.40. The molecule has 1 aliphatic carbocycles. The van der Waals surface area contributed by atoms with Gasteiger partial charge in [0.15, 0.2) is 5.15 Å². The molecule has 0 N–H and O–H groups in total. The fourth-order valence-electron chi connectivity index (χ4n) is 2.48. The zero-order valence-electron chi connectivity index (χ0n) is 10.2. The molecule has 1 aliphatic rings. The molecule has 0 radical (unpaired) electrons. The van der Waals surface area contributed by atoms with Gasteiger partial charge in [-0.15, -0.1) is 0 Å². The van der Waals surface area contributed by atoms with E-state index in [2.05, 4.69) is 23.2 Å². The molecule has 0 saturated carbocycles. The van der Waals surface area contributed by atoms with Crippen molar-refractivity contribution in [2.75, 3.05) is 0 Å². The summed E-state index contributed by atoms with van der Waals surface area (Å²) in [6, 6.07) is 6.37. The van der Waals surface area contributed by atoms with E-state index >= 15 is 0 Å². The van der Waals surface area contributed by atoms with Crippen molar-refractivity contribution in [1.29, 1.82) is 0 Å². The molecular formula is C14H12Cl2N2O. The van der Waals surface area contributed by atoms with Gasteiger partial charge < -0.3 is 0 Å². The Balaban J connectivity index is 1.94. The Morgan fingerprint density at radius 2 is 2.00 bits per heavy atom. The Bertz CT molecular complexity index is 694. The van der Waals surface area contributed by atoms with Gasteiger partial charge in [0, 0.05) is 0 Å². The van der Waals surface area contributed by atoms with Gasteiger partial charge in [-0.1, -0.05) is 41.4 Å². The van der Waals surface area contributed by atoms with Crippen molar-refractivity contribution in [3.05, 3.63) is 61.7 Å². The maximum atomic E-state index is 11.9. The van der Waals surface area contributed by atoms with E-state index in [0.717, 1.165) is 18.4 Å². The largest absolute Gasteiger partial charge is 0.293 e. The van der Waals surface area contributed by atoms with Crippen LogP contribution < -0.4 is 5.56 Å². The predicted molar refractivity (Wildman–Crippen MR) is 76.1 cm³/mol. The lowest BCUT2D eigenvalue weighted by Crippen LogP contribution is -2.21. The first kappa shape index (κ1) is 12.7. The summed E-state index contributed by atoms with van der Waals surface area (Å²) < 4.78 is 1.48. The van der Waals surface area contributed by atoms with Gasteiger partial charge in [0.2, 0.25) is 0 Å². The van der Waals surface area contributed by atoms with Gasteiger partial charge >= 0.3 is 0 Å². The highest BCUT2D eigenvalue weighted by atomic mass is 35.5. The molecule has 1 aromatic carbocycles. The topological polar surface area (TPSA) is 34.9 Å². The number of fused-ring (bicyclic) bond motifs is 1. The number of aryl methyl sites for hydroxylation is 2. The molecule has 0 amide bonds. The van der Waals surface area contributed by atoms with E-state index in [1.165, 1.54) is 28.4 Å². The van der Waals surface area contributed by atoms with Crippen molar-refractivity contribution in [2.45, 2.75) is 25.8 Å². The van der Waals surface area contributed by atoms with Gasteiger partial charge in [-0.25, -0.2) is 4.98 Å². The summed E-state index contributed by atoms with van der Waals surface area (Å²) in [6.45, 7) is 0.468. The van der Waals surface area contributed by atoms with E-state index in [0.29, 0.717) is 6.54 Å². The number of nitrogens with zero attached hydrogens (tertiary/aromatic N) is 2. The molecule has 0 spiro atoms. The lowest BCUT2D eigenvalue weighted by molar-refractivity contribution is 0.735. The summed E-state index contributed by atoms with van der Waals surface area (Å²) in [5.74, 6) is 0. The normalized spacial score (nSPS) is 13.6. The molecular weight excluding hydrogens is 283 g/mol. The van der Waals surface area contributed by atoms with E-state index < -0.39 is 0 Å². The molecule has 2 aromatic rings. The zero-order valence-corrected chi connectivity index (χ0v) is 11.7. The Morgan fingerprint density at radius 1 is 1.21 bits per heavy atom. The summed E-state index contributed by atoms with van der Waals surface area (Å²) in [5.41, 5.74) is 3.59. The number of halogens is 2. The second kappa shape index (κ2) is 4.99. The van der Waals surface area contributed by atoms with Gasteiger partial charge in [-0.05, 0) is 36.0 Å². The molecule has 3 nitrogen and oxygen atoms in total. The van der Waals surface area contributed by atoms with Gasteiger partial charge in [0.05, 0.1) is 12.9 Å². The quantitative estimate of drug-likeness (QED) is 0.798. The van der Waals surface area contributed by atoms with E-state index in [-0.39, 0.29) is 15.7 Å². The molecule has 1 aromatic heterocycles. The SMILES string of the molecule is O=c1c(Cl)c(Cl)ncn1Cc1ccc2c(c1)CCC2. The summed E-state index contributed by atoms with van der Waals surface area (Å²) in [4.78, 5) is 15.8. The first-order chi connectivity index (χ1) is 9.15. The first-order valence-electron chi connectivity index (χ1n) is 6.16. The van der Waals surface area contributed by atoms with Gasteiger partial charge in [0.1, 0.15) is 5.02 Å². The van der Waals surface area contributed by atoms with Gasteiger partial charge in [-0.3, -0.25) is 9.36 Å². The van der Waals surface area contributed by atoms with Crippen LogP contribution in [0.25, 0.3) is 0 Å². The molecule has 0 saturated heterocycles. The number of rotatable bonds is 2. The Hall–Kier alpha value is -1.32. The van der Waals surface area contributed by atoms with Crippen molar-refractivity contribution in [3.8, 4) is 0 Å². The van der Waals surface area contributed by atoms with Crippen LogP contribution in [0.4, 0.5) is 0 Å². The van der Waals surface area contributed by atoms with E-state index in [9.17, 15) is 4.79 Å². The third-order valence-electron chi connectivity index (χ3n) is 3.46. The van der Waals surface area contributed by atoms with Crippen LogP contribution in [-0.4, -0.2) is 9.55 Å². The van der Waals surface area contributed by atoms with Crippen LogP contribution in [-0.2, 0) is 19.4 Å². The second-order valence-electron chi connectivity index (χ2n) is 4.74. The van der Waals surface area contributed by atoms with Crippen LogP contribution in [0, 0.1) is 0 Å². The van der Waals surface area contributed by atoms with Crippen molar-refractivity contribution in [3.63, 3.8) is 0 Å². The Kier molecular flexibility index (Phi) is 3.33. The zero-order chi connectivity index (χ0) is 13.4. The van der Waals surface area contributed by atoms with E-state index in [1.54, 1.807) is 0 Å². The number of hydrogen-bond donors (Lipinski definition) is 0. The van der Waals surface area contributed by atoms with Gasteiger partial charge in [-0.2, -0.15) is 0 Å². The molecule has 0 unspecified atom stereocenters. The minimum Gasteiger partial charge on any atom is -0.293 e. The molecule has 0 fully saturated rings. The van der Waals surface area contributed by atoms with Crippen LogP contribution in [0.3, 0.4) is 0 Å². The van der Waals surface area contributed by atoms with Crippen LogP contribution >= 0.6 is 23.2 Å². The fraction of sp³-hybridized carbons (Fsp3) is 0.286. The van der Waals surface area contributed by atoms with E-state index in [1.807, 2.05) is 0 Å². The molecule has 0 bridgehead atoms. The molecule has 5 heteroatoms. The van der Waals surface area contributed by atoms with Crippen LogP contribution in [0.5, 0.6) is 0 Å². The summed E-state index contributed by atoms with van der Waals surface area (Å²) in [7, 11) is 0. The molecule has 98 valence electrons. The number of aromatic nitrogens is 2. The van der Waals surface area contributed by atoms with Crippen LogP contribution in [0.15, 0.2) is 29.3 Å². The van der Waals surface area contributed by atoms with Gasteiger partial charge in [0.25, 0.3) is 5.56 Å². The fourth-order valence-corrected chi connectivity index (χ4v) is 2.76. The van der Waals surface area contributed by atoms with Crippen molar-refractivity contribution in [1.82, 2.24) is 9.55 Å². The summed E-state index contributed by atoms with van der Waals surface area (Å²) >= 11 is 11.5. The maximum Gasteiger partial charge on any atom is 0.273 e. The standard InChI is InChI=1S/C14H12Cl2N2O/c15-12-13(16)17-8-18(14(12)19)7-9-4-5-10-2-1-3-11(10)6-9/h4-6,8H,1-3,7H2. The summed E-state index contributed by atoms with van der Waals surface area (Å²) in [5, 5.41) is 0.0298. The van der Waals surface area contributed by atoms with Crippen LogP contribution in [0.2, 0.25) is 10.2 Å². The number of hydrogen-bond acceptors (Lipinski definition) is 2. The molecule has 1 heterocycles. The third kappa shape index (κ3) is 2.40. The molecule has 0 atom stereocenters. The van der Waals surface area contributed by atoms with Crippen molar-refractivity contribution >= 4 is 23.2 Å². The Labute approximate surface area is 120 Å². The first-order valence-corrected chi connectivity index (χ1v) is 6.92. The van der Waals surface area contributed by atoms with Crippen molar-refractivity contribution in [2.24, 2.45) is 0 Å². The highest BCUT2D eigenvalue weighted by Gasteiger charge is 2.12. The smallest absolute Gasteiger partial charge is 0.273 e. The van der Waals surface area contributed by atoms with Crippen molar-refractivity contribution < 1.29 is 0 Å². The minimum atomic E-state index is -0.304. The lowest BCUT2D eigenvalue weighted by atomic mass is 10.1. The second-order valence-corrected chi connectivity index (χ2v) is 5.48. The van der Waals surface area contributed by atoms with Crippen LogP contribution in [0.1, 0.15) is 23.1 Å². The third-order valence-corrected chi connectivity index (χ3v) is 4.18. The Morgan fingerprint density at radius 3 is 2.84 bits per heavy atom.